The topological polar surface area (TPSA) is 61.0 Å². The largest absolute Gasteiger partial charge is 0.438 e. The number of benzene rings is 2. The molecule has 4 nitrogen and oxygen atoms in total. The summed E-state index contributed by atoms with van der Waals surface area (Å²) in [6, 6.07) is 15.5. The maximum absolute atomic E-state index is 5.83. The van der Waals surface area contributed by atoms with Crippen LogP contribution in [0.3, 0.4) is 0 Å². The molecule has 1 heterocycles. The molecule has 0 atom stereocenters. The molecule has 0 aliphatic carbocycles. The van der Waals surface area contributed by atoms with Crippen molar-refractivity contribution in [2.24, 2.45) is 0 Å². The standard InChI is InChI=1S/C15H13N3OS/c1-20-11-8-6-10(7-9-11)19-14-12-4-2-3-5-13(12)17-15(16)18-14/h2-9H,1H3,(H2,16,17,18). The fourth-order valence-corrected chi connectivity index (χ4v) is 2.31. The van der Waals surface area contributed by atoms with Crippen molar-refractivity contribution in [2.75, 3.05) is 12.0 Å². The first-order valence-electron chi connectivity index (χ1n) is 6.10. The molecule has 5 heteroatoms. The Morgan fingerprint density at radius 1 is 1.00 bits per heavy atom. The summed E-state index contributed by atoms with van der Waals surface area (Å²) >= 11 is 1.69. The van der Waals surface area contributed by atoms with E-state index < -0.39 is 0 Å². The van der Waals surface area contributed by atoms with Crippen molar-refractivity contribution in [1.29, 1.82) is 0 Å². The van der Waals surface area contributed by atoms with Crippen LogP contribution in [-0.4, -0.2) is 16.2 Å². The van der Waals surface area contributed by atoms with Crippen molar-refractivity contribution in [2.45, 2.75) is 4.90 Å². The van der Waals surface area contributed by atoms with E-state index in [1.54, 1.807) is 11.8 Å². The number of hydrogen-bond donors (Lipinski definition) is 1. The molecule has 0 radical (unpaired) electrons. The highest BCUT2D eigenvalue weighted by atomic mass is 32.2. The summed E-state index contributed by atoms with van der Waals surface area (Å²) in [4.78, 5) is 9.55. The van der Waals surface area contributed by atoms with Crippen LogP contribution in [0, 0.1) is 0 Å². The molecule has 0 amide bonds. The number of aromatic nitrogens is 2. The van der Waals surface area contributed by atoms with Gasteiger partial charge < -0.3 is 10.5 Å². The fourth-order valence-electron chi connectivity index (χ4n) is 1.90. The minimum absolute atomic E-state index is 0.208. The van der Waals surface area contributed by atoms with Crippen LogP contribution in [0.5, 0.6) is 11.6 Å². The maximum Gasteiger partial charge on any atom is 0.231 e. The average molecular weight is 283 g/mol. The van der Waals surface area contributed by atoms with Crippen LogP contribution >= 0.6 is 11.8 Å². The van der Waals surface area contributed by atoms with Crippen LogP contribution in [0.2, 0.25) is 0 Å². The summed E-state index contributed by atoms with van der Waals surface area (Å²) in [5.74, 6) is 1.41. The molecule has 3 aromatic rings. The molecule has 0 unspecified atom stereocenters. The molecule has 20 heavy (non-hydrogen) atoms. The van der Waals surface area contributed by atoms with Gasteiger partial charge in [-0.25, -0.2) is 4.98 Å². The van der Waals surface area contributed by atoms with Gasteiger partial charge in [-0.05, 0) is 42.7 Å². The van der Waals surface area contributed by atoms with Gasteiger partial charge in [0, 0.05) is 4.90 Å². The zero-order chi connectivity index (χ0) is 13.9. The Morgan fingerprint density at radius 3 is 2.50 bits per heavy atom. The second-order valence-corrected chi connectivity index (χ2v) is 5.06. The number of rotatable bonds is 3. The predicted molar refractivity (Wildman–Crippen MR) is 82.2 cm³/mol. The quantitative estimate of drug-likeness (QED) is 0.742. The number of nitrogens with two attached hydrogens (primary N) is 1. The third kappa shape index (κ3) is 2.53. The summed E-state index contributed by atoms with van der Waals surface area (Å²) in [7, 11) is 0. The van der Waals surface area contributed by atoms with E-state index in [1.165, 1.54) is 4.90 Å². The molecule has 1 aromatic heterocycles. The van der Waals surface area contributed by atoms with Crippen LogP contribution < -0.4 is 10.5 Å². The van der Waals surface area contributed by atoms with E-state index in [0.29, 0.717) is 5.88 Å². The first-order valence-corrected chi connectivity index (χ1v) is 7.33. The monoisotopic (exact) mass is 283 g/mol. The number of fused-ring (bicyclic) bond motifs is 1. The molecular formula is C15H13N3OS. The number of thioether (sulfide) groups is 1. The van der Waals surface area contributed by atoms with Gasteiger partial charge in [-0.1, -0.05) is 12.1 Å². The van der Waals surface area contributed by atoms with Gasteiger partial charge >= 0.3 is 0 Å². The van der Waals surface area contributed by atoms with Gasteiger partial charge in [0.15, 0.2) is 0 Å². The lowest BCUT2D eigenvalue weighted by Crippen LogP contribution is -1.98. The van der Waals surface area contributed by atoms with E-state index in [-0.39, 0.29) is 5.95 Å². The summed E-state index contributed by atoms with van der Waals surface area (Å²) in [6.45, 7) is 0. The zero-order valence-electron chi connectivity index (χ0n) is 10.9. The second-order valence-electron chi connectivity index (χ2n) is 4.18. The van der Waals surface area contributed by atoms with Gasteiger partial charge in [0.25, 0.3) is 0 Å². The van der Waals surface area contributed by atoms with E-state index in [4.69, 9.17) is 10.5 Å². The zero-order valence-corrected chi connectivity index (χ0v) is 11.7. The Bertz CT molecular complexity index is 744. The first kappa shape index (κ1) is 12.7. The van der Waals surface area contributed by atoms with E-state index in [1.807, 2.05) is 54.8 Å². The SMILES string of the molecule is CSc1ccc(Oc2nc(N)nc3ccccc23)cc1. The van der Waals surface area contributed by atoms with Crippen LogP contribution in [0.25, 0.3) is 10.9 Å². The van der Waals surface area contributed by atoms with Crippen LogP contribution in [0.4, 0.5) is 5.95 Å². The highest BCUT2D eigenvalue weighted by molar-refractivity contribution is 7.98. The van der Waals surface area contributed by atoms with E-state index >= 15 is 0 Å². The van der Waals surface area contributed by atoms with E-state index in [9.17, 15) is 0 Å². The first-order chi connectivity index (χ1) is 9.76. The Kier molecular flexibility index (Phi) is 3.43. The third-order valence-electron chi connectivity index (χ3n) is 2.86. The lowest BCUT2D eigenvalue weighted by molar-refractivity contribution is 0.469. The number of anilines is 1. The highest BCUT2D eigenvalue weighted by Gasteiger charge is 2.08. The molecule has 100 valence electrons. The minimum Gasteiger partial charge on any atom is -0.438 e. The summed E-state index contributed by atoms with van der Waals surface area (Å²) in [5.41, 5.74) is 6.49. The van der Waals surface area contributed by atoms with Crippen molar-refractivity contribution in [3.8, 4) is 11.6 Å². The lowest BCUT2D eigenvalue weighted by Gasteiger charge is -2.08. The van der Waals surface area contributed by atoms with Gasteiger partial charge in [0.1, 0.15) is 5.75 Å². The molecule has 0 saturated carbocycles. The van der Waals surface area contributed by atoms with Crippen molar-refractivity contribution >= 4 is 28.6 Å². The van der Waals surface area contributed by atoms with Gasteiger partial charge in [0.2, 0.25) is 11.8 Å². The summed E-state index contributed by atoms with van der Waals surface area (Å²) in [5, 5.41) is 0.843. The van der Waals surface area contributed by atoms with Gasteiger partial charge in [-0.3, -0.25) is 0 Å². The minimum atomic E-state index is 0.208. The smallest absolute Gasteiger partial charge is 0.231 e. The van der Waals surface area contributed by atoms with Crippen LogP contribution in [-0.2, 0) is 0 Å². The molecular weight excluding hydrogens is 270 g/mol. The molecule has 0 fully saturated rings. The lowest BCUT2D eigenvalue weighted by atomic mass is 10.2. The molecule has 0 saturated heterocycles. The molecule has 0 bridgehead atoms. The van der Waals surface area contributed by atoms with Crippen molar-refractivity contribution in [3.63, 3.8) is 0 Å². The van der Waals surface area contributed by atoms with Crippen molar-refractivity contribution < 1.29 is 4.74 Å². The van der Waals surface area contributed by atoms with Crippen molar-refractivity contribution in [1.82, 2.24) is 9.97 Å². The number of ether oxygens (including phenoxy) is 1. The summed E-state index contributed by atoms with van der Waals surface area (Å²) < 4.78 is 5.83. The normalized spacial score (nSPS) is 10.7. The highest BCUT2D eigenvalue weighted by Crippen LogP contribution is 2.28. The summed E-state index contributed by atoms with van der Waals surface area (Å²) in [6.07, 6.45) is 2.04. The number of nitrogen functional groups attached to an aromatic ring is 1. The van der Waals surface area contributed by atoms with Gasteiger partial charge in [-0.15, -0.1) is 11.8 Å². The van der Waals surface area contributed by atoms with Gasteiger partial charge in [0.05, 0.1) is 10.9 Å². The Balaban J connectivity index is 2.01. The predicted octanol–water partition coefficient (Wildman–Crippen LogP) is 3.73. The number of nitrogens with zero attached hydrogens (tertiary/aromatic N) is 2. The number of hydrogen-bond acceptors (Lipinski definition) is 5. The molecule has 0 aliphatic rings. The Labute approximate surface area is 121 Å². The molecule has 0 aliphatic heterocycles. The van der Waals surface area contributed by atoms with Crippen LogP contribution in [0.1, 0.15) is 0 Å². The second kappa shape index (κ2) is 5.38. The Hall–Kier alpha value is -2.27. The third-order valence-corrected chi connectivity index (χ3v) is 3.60. The molecule has 0 spiro atoms. The maximum atomic E-state index is 5.83. The van der Waals surface area contributed by atoms with E-state index in [0.717, 1.165) is 16.7 Å². The Morgan fingerprint density at radius 2 is 1.75 bits per heavy atom. The fraction of sp³-hybridized carbons (Fsp3) is 0.0667. The van der Waals surface area contributed by atoms with Crippen LogP contribution in [0.15, 0.2) is 53.4 Å². The van der Waals surface area contributed by atoms with E-state index in [2.05, 4.69) is 9.97 Å². The average Bonchev–Trinajstić information content (AvgIpc) is 2.48. The van der Waals surface area contributed by atoms with Crippen molar-refractivity contribution in [3.05, 3.63) is 48.5 Å². The molecule has 2 aromatic carbocycles. The molecule has 3 rings (SSSR count). The number of para-hydroxylation sites is 1. The molecule has 2 N–H and O–H groups in total. The van der Waals surface area contributed by atoms with Gasteiger partial charge in [-0.2, -0.15) is 4.98 Å².